The van der Waals surface area contributed by atoms with Crippen molar-refractivity contribution >= 4 is 27.2 Å². The molecule has 0 aliphatic carbocycles. The van der Waals surface area contributed by atoms with Gasteiger partial charge in [-0.1, -0.05) is 19.1 Å². The number of sulfonamides is 1. The first kappa shape index (κ1) is 14.8. The Hall–Kier alpha value is -0.240. The van der Waals surface area contributed by atoms with Gasteiger partial charge >= 0.3 is 0 Å². The zero-order valence-corrected chi connectivity index (χ0v) is 11.7. The molecule has 100 valence electrons. The predicted molar refractivity (Wildman–Crippen MR) is 71.4 cm³/mol. The minimum Gasteiger partial charge on any atom is -0.392 e. The van der Waals surface area contributed by atoms with Gasteiger partial charge in [0.1, 0.15) is 0 Å². The van der Waals surface area contributed by atoms with Crippen LogP contribution >= 0.6 is 12.2 Å². The standard InChI is InChI=1S/C10H20N2O3S2/c1-2-5-12(7-10(11)16)17(13,14)8-9-4-3-6-15-9/h9H,2-8H2,1H3,(H2,11,16). The van der Waals surface area contributed by atoms with Gasteiger partial charge in [0, 0.05) is 13.2 Å². The Morgan fingerprint density at radius 3 is 2.76 bits per heavy atom. The molecule has 0 amide bonds. The maximum absolute atomic E-state index is 12.1. The van der Waals surface area contributed by atoms with Crippen molar-refractivity contribution in [2.75, 3.05) is 25.4 Å². The van der Waals surface area contributed by atoms with Crippen LogP contribution in [0.1, 0.15) is 26.2 Å². The number of nitrogens with zero attached hydrogens (tertiary/aromatic N) is 1. The van der Waals surface area contributed by atoms with Crippen molar-refractivity contribution in [3.8, 4) is 0 Å². The summed E-state index contributed by atoms with van der Waals surface area (Å²) in [7, 11) is -3.32. The monoisotopic (exact) mass is 280 g/mol. The maximum Gasteiger partial charge on any atom is 0.217 e. The lowest BCUT2D eigenvalue weighted by molar-refractivity contribution is 0.126. The first-order valence-electron chi connectivity index (χ1n) is 5.83. The van der Waals surface area contributed by atoms with Crippen LogP contribution in [0.5, 0.6) is 0 Å². The minimum absolute atomic E-state index is 0.0373. The number of thiocarbonyl (C=S) groups is 1. The molecule has 0 aromatic heterocycles. The molecule has 7 heteroatoms. The molecule has 1 atom stereocenters. The average molecular weight is 280 g/mol. The predicted octanol–water partition coefficient (Wildman–Crippen LogP) is 0.493. The van der Waals surface area contributed by atoms with Gasteiger partial charge < -0.3 is 10.5 Å². The lowest BCUT2D eigenvalue weighted by Crippen LogP contribution is -2.41. The topological polar surface area (TPSA) is 72.6 Å². The third kappa shape index (κ3) is 4.87. The van der Waals surface area contributed by atoms with Crippen LogP contribution in [-0.2, 0) is 14.8 Å². The minimum atomic E-state index is -3.32. The van der Waals surface area contributed by atoms with E-state index in [1.165, 1.54) is 4.31 Å². The molecule has 1 saturated heterocycles. The third-order valence-corrected chi connectivity index (χ3v) is 4.64. The summed E-state index contributed by atoms with van der Waals surface area (Å²) in [6.45, 7) is 3.15. The second kappa shape index (κ2) is 6.63. The number of nitrogens with two attached hydrogens (primary N) is 1. The van der Waals surface area contributed by atoms with E-state index in [1.807, 2.05) is 6.92 Å². The zero-order valence-electron chi connectivity index (χ0n) is 10.1. The molecule has 1 rings (SSSR count). The summed E-state index contributed by atoms with van der Waals surface area (Å²) in [5, 5.41) is 0. The summed E-state index contributed by atoms with van der Waals surface area (Å²) >= 11 is 4.78. The first-order chi connectivity index (χ1) is 7.95. The van der Waals surface area contributed by atoms with Crippen LogP contribution in [0, 0.1) is 0 Å². The normalized spacial score (nSPS) is 20.9. The molecule has 1 unspecified atom stereocenters. The van der Waals surface area contributed by atoms with Crippen molar-refractivity contribution in [3.63, 3.8) is 0 Å². The molecule has 2 N–H and O–H groups in total. The van der Waals surface area contributed by atoms with Crippen molar-refractivity contribution in [1.82, 2.24) is 4.31 Å². The van der Waals surface area contributed by atoms with Crippen molar-refractivity contribution in [1.29, 1.82) is 0 Å². The van der Waals surface area contributed by atoms with Crippen LogP contribution in [0.25, 0.3) is 0 Å². The van der Waals surface area contributed by atoms with Crippen molar-refractivity contribution in [3.05, 3.63) is 0 Å². The van der Waals surface area contributed by atoms with Crippen LogP contribution in [0.15, 0.2) is 0 Å². The second-order valence-electron chi connectivity index (χ2n) is 4.21. The third-order valence-electron chi connectivity index (χ3n) is 2.62. The first-order valence-corrected chi connectivity index (χ1v) is 7.85. The molecule has 0 bridgehead atoms. The van der Waals surface area contributed by atoms with Crippen LogP contribution in [0.4, 0.5) is 0 Å². The van der Waals surface area contributed by atoms with Gasteiger partial charge in [-0.3, -0.25) is 0 Å². The van der Waals surface area contributed by atoms with Gasteiger partial charge in [0.05, 0.1) is 23.4 Å². The fourth-order valence-electron chi connectivity index (χ4n) is 1.86. The fraction of sp³-hybridized carbons (Fsp3) is 0.900. The van der Waals surface area contributed by atoms with E-state index in [1.54, 1.807) is 0 Å². The van der Waals surface area contributed by atoms with Gasteiger partial charge in [-0.2, -0.15) is 4.31 Å². The summed E-state index contributed by atoms with van der Waals surface area (Å²) in [5.74, 6) is 0.0373. The van der Waals surface area contributed by atoms with Crippen LogP contribution in [-0.4, -0.2) is 49.3 Å². The highest BCUT2D eigenvalue weighted by Gasteiger charge is 2.28. The highest BCUT2D eigenvalue weighted by molar-refractivity contribution is 7.89. The van der Waals surface area contributed by atoms with E-state index in [0.29, 0.717) is 13.2 Å². The zero-order chi connectivity index (χ0) is 12.9. The summed E-state index contributed by atoms with van der Waals surface area (Å²) < 4.78 is 31.0. The molecule has 0 aromatic rings. The van der Waals surface area contributed by atoms with Gasteiger partial charge in [0.25, 0.3) is 0 Å². The number of ether oxygens (including phenoxy) is 1. The second-order valence-corrected chi connectivity index (χ2v) is 6.75. The molecule has 1 heterocycles. The van der Waals surface area contributed by atoms with Crippen LogP contribution in [0.2, 0.25) is 0 Å². The molecule has 1 aliphatic heterocycles. The molecule has 1 fully saturated rings. The lowest BCUT2D eigenvalue weighted by atomic mass is 10.3. The van der Waals surface area contributed by atoms with Crippen LogP contribution < -0.4 is 5.73 Å². The molecular weight excluding hydrogens is 260 g/mol. The van der Waals surface area contributed by atoms with Gasteiger partial charge in [-0.25, -0.2) is 8.42 Å². The Labute approximate surface area is 108 Å². The Kier molecular flexibility index (Phi) is 5.78. The molecule has 0 saturated carbocycles. The molecule has 5 nitrogen and oxygen atoms in total. The maximum atomic E-state index is 12.1. The van der Waals surface area contributed by atoms with E-state index in [2.05, 4.69) is 0 Å². The summed E-state index contributed by atoms with van der Waals surface area (Å²) in [6.07, 6.45) is 2.31. The van der Waals surface area contributed by atoms with Gasteiger partial charge in [0.2, 0.25) is 10.0 Å². The van der Waals surface area contributed by atoms with E-state index in [9.17, 15) is 8.42 Å². The van der Waals surface area contributed by atoms with Crippen LogP contribution in [0.3, 0.4) is 0 Å². The molecule has 0 radical (unpaired) electrons. The van der Waals surface area contributed by atoms with E-state index in [0.717, 1.165) is 19.3 Å². The number of rotatable bonds is 7. The SMILES string of the molecule is CCCN(CC(N)=S)S(=O)(=O)CC1CCCO1. The van der Waals surface area contributed by atoms with E-state index in [-0.39, 0.29) is 23.4 Å². The lowest BCUT2D eigenvalue weighted by Gasteiger charge is -2.22. The fourth-order valence-corrected chi connectivity index (χ4v) is 3.83. The number of hydrogen-bond acceptors (Lipinski definition) is 4. The molecule has 1 aliphatic rings. The highest BCUT2D eigenvalue weighted by atomic mass is 32.2. The van der Waals surface area contributed by atoms with E-state index < -0.39 is 10.0 Å². The Morgan fingerprint density at radius 2 is 2.29 bits per heavy atom. The van der Waals surface area contributed by atoms with Crippen molar-refractivity contribution in [2.45, 2.75) is 32.3 Å². The van der Waals surface area contributed by atoms with Crippen molar-refractivity contribution in [2.24, 2.45) is 5.73 Å². The number of hydrogen-bond donors (Lipinski definition) is 1. The molecule has 17 heavy (non-hydrogen) atoms. The Morgan fingerprint density at radius 1 is 1.59 bits per heavy atom. The van der Waals surface area contributed by atoms with Gasteiger partial charge in [0.15, 0.2) is 0 Å². The molecule has 0 spiro atoms. The Bertz CT molecular complexity index is 351. The highest BCUT2D eigenvalue weighted by Crippen LogP contribution is 2.16. The molecule has 0 aromatic carbocycles. The largest absolute Gasteiger partial charge is 0.392 e. The summed E-state index contributed by atoms with van der Waals surface area (Å²) in [4.78, 5) is 0.203. The van der Waals surface area contributed by atoms with Gasteiger partial charge in [-0.05, 0) is 19.3 Å². The average Bonchev–Trinajstić information content (AvgIpc) is 2.68. The Balaban J connectivity index is 2.65. The van der Waals surface area contributed by atoms with Gasteiger partial charge in [-0.15, -0.1) is 0 Å². The van der Waals surface area contributed by atoms with E-state index in [4.69, 9.17) is 22.7 Å². The summed E-state index contributed by atoms with van der Waals surface area (Å²) in [5.41, 5.74) is 5.42. The molecular formula is C10H20N2O3S2. The van der Waals surface area contributed by atoms with E-state index >= 15 is 0 Å². The smallest absolute Gasteiger partial charge is 0.217 e. The van der Waals surface area contributed by atoms with Crippen molar-refractivity contribution < 1.29 is 13.2 Å². The summed E-state index contributed by atoms with van der Waals surface area (Å²) in [6, 6.07) is 0. The quantitative estimate of drug-likeness (QED) is 0.687.